The van der Waals surface area contributed by atoms with Crippen molar-refractivity contribution in [1.82, 2.24) is 4.90 Å². The van der Waals surface area contributed by atoms with Crippen LogP contribution >= 0.6 is 11.6 Å². The van der Waals surface area contributed by atoms with Crippen LogP contribution < -0.4 is 4.31 Å². The highest BCUT2D eigenvalue weighted by atomic mass is 35.5. The predicted molar refractivity (Wildman–Crippen MR) is 117 cm³/mol. The first-order valence-corrected chi connectivity index (χ1v) is 11.5. The molecule has 3 aromatic carbocycles. The van der Waals surface area contributed by atoms with Crippen LogP contribution in [0.4, 0.5) is 5.69 Å². The Bertz CT molecular complexity index is 1270. The van der Waals surface area contributed by atoms with E-state index in [1.54, 1.807) is 47.4 Å². The summed E-state index contributed by atoms with van der Waals surface area (Å²) in [6, 6.07) is 19.9. The van der Waals surface area contributed by atoms with Crippen molar-refractivity contribution < 1.29 is 13.2 Å². The molecule has 2 aliphatic rings. The van der Waals surface area contributed by atoms with Crippen LogP contribution in [-0.4, -0.2) is 32.3 Å². The zero-order chi connectivity index (χ0) is 20.9. The average Bonchev–Trinajstić information content (AvgIpc) is 2.76. The van der Waals surface area contributed by atoms with Crippen LogP contribution in [0.15, 0.2) is 71.6 Å². The lowest BCUT2D eigenvalue weighted by atomic mass is 10.00. The number of benzene rings is 3. The van der Waals surface area contributed by atoms with E-state index in [0.29, 0.717) is 34.9 Å². The number of halogens is 1. The lowest BCUT2D eigenvalue weighted by Crippen LogP contribution is -2.45. The van der Waals surface area contributed by atoms with Crippen molar-refractivity contribution >= 4 is 33.2 Å². The summed E-state index contributed by atoms with van der Waals surface area (Å²) in [7, 11) is -3.86. The number of fused-ring (bicyclic) bond motifs is 4. The van der Waals surface area contributed by atoms with Gasteiger partial charge in [-0.3, -0.25) is 9.10 Å². The molecule has 0 spiro atoms. The van der Waals surface area contributed by atoms with Crippen LogP contribution in [-0.2, 0) is 27.8 Å². The molecule has 0 saturated carbocycles. The van der Waals surface area contributed by atoms with Crippen molar-refractivity contribution in [1.29, 1.82) is 0 Å². The van der Waals surface area contributed by atoms with Crippen molar-refractivity contribution in [2.24, 2.45) is 0 Å². The highest BCUT2D eigenvalue weighted by Crippen LogP contribution is 2.43. The number of rotatable bonds is 2. The molecule has 7 heteroatoms. The summed E-state index contributed by atoms with van der Waals surface area (Å²) in [6.45, 7) is 0.828. The van der Waals surface area contributed by atoms with E-state index in [2.05, 4.69) is 6.07 Å². The van der Waals surface area contributed by atoms with Crippen LogP contribution in [0.25, 0.3) is 11.1 Å². The van der Waals surface area contributed by atoms with Gasteiger partial charge in [-0.05, 0) is 41.8 Å². The lowest BCUT2D eigenvalue weighted by Gasteiger charge is -2.34. The molecule has 0 N–H and O–H groups in total. The van der Waals surface area contributed by atoms with Crippen molar-refractivity contribution in [3.63, 3.8) is 0 Å². The second-order valence-electron chi connectivity index (χ2n) is 7.50. The van der Waals surface area contributed by atoms with Crippen molar-refractivity contribution in [2.45, 2.75) is 17.9 Å². The van der Waals surface area contributed by atoms with Crippen LogP contribution in [0.3, 0.4) is 0 Å². The molecule has 5 nitrogen and oxygen atoms in total. The Kier molecular flexibility index (Phi) is 4.56. The highest BCUT2D eigenvalue weighted by Gasteiger charge is 2.37. The maximum atomic E-state index is 13.4. The Hall–Kier alpha value is -2.83. The number of nitrogens with zero attached hydrogens (tertiary/aromatic N) is 2. The van der Waals surface area contributed by atoms with E-state index >= 15 is 0 Å². The average molecular weight is 439 g/mol. The molecule has 0 saturated heterocycles. The third kappa shape index (κ3) is 3.07. The minimum absolute atomic E-state index is 0.191. The SMILES string of the molecule is O=C(CN1c2ccc(Cl)cc2-c2ccccc2S1(=O)=O)N1CCc2ccccc2C1. The minimum atomic E-state index is -3.86. The fourth-order valence-electron chi connectivity index (χ4n) is 4.21. The lowest BCUT2D eigenvalue weighted by molar-refractivity contribution is -0.130. The van der Waals surface area contributed by atoms with Crippen molar-refractivity contribution in [2.75, 3.05) is 17.4 Å². The van der Waals surface area contributed by atoms with E-state index < -0.39 is 10.0 Å². The first-order valence-electron chi connectivity index (χ1n) is 9.71. The van der Waals surface area contributed by atoms with Crippen LogP contribution in [0.5, 0.6) is 0 Å². The number of anilines is 1. The van der Waals surface area contributed by atoms with E-state index in [1.807, 2.05) is 18.2 Å². The molecule has 0 radical (unpaired) electrons. The number of hydrogen-bond donors (Lipinski definition) is 0. The van der Waals surface area contributed by atoms with Gasteiger partial charge < -0.3 is 4.90 Å². The van der Waals surface area contributed by atoms with Gasteiger partial charge in [0.2, 0.25) is 5.91 Å². The van der Waals surface area contributed by atoms with E-state index in [0.717, 1.165) is 12.0 Å². The third-order valence-corrected chi connectivity index (χ3v) is 7.79. The Morgan fingerprint density at radius 2 is 1.67 bits per heavy atom. The summed E-state index contributed by atoms with van der Waals surface area (Å²) >= 11 is 6.19. The number of carbonyl (C=O) groups is 1. The molecule has 2 aliphatic heterocycles. The standard InChI is InChI=1S/C23H19ClN2O3S/c24-18-9-10-21-20(13-18)19-7-3-4-8-22(19)30(28,29)26(21)15-23(27)25-12-11-16-5-1-2-6-17(16)14-25/h1-10,13H,11-12,14-15H2. The second-order valence-corrected chi connectivity index (χ2v) is 9.77. The fourth-order valence-corrected chi connectivity index (χ4v) is 6.02. The van der Waals surface area contributed by atoms with Crippen LogP contribution in [0.2, 0.25) is 5.02 Å². The predicted octanol–water partition coefficient (Wildman–Crippen LogP) is 4.10. The van der Waals surface area contributed by atoms with Gasteiger partial charge in [0.25, 0.3) is 10.0 Å². The fraction of sp³-hybridized carbons (Fsp3) is 0.174. The summed E-state index contributed by atoms with van der Waals surface area (Å²) in [4.78, 5) is 15.1. The van der Waals surface area contributed by atoms with Crippen LogP contribution in [0, 0.1) is 0 Å². The van der Waals surface area contributed by atoms with Crippen molar-refractivity contribution in [3.05, 3.63) is 82.9 Å². The molecule has 0 aliphatic carbocycles. The Morgan fingerprint density at radius 3 is 2.50 bits per heavy atom. The molecule has 2 heterocycles. The molecule has 30 heavy (non-hydrogen) atoms. The normalized spacial score (nSPS) is 16.4. The Balaban J connectivity index is 1.51. The van der Waals surface area contributed by atoms with Gasteiger partial charge in [0.05, 0.1) is 10.6 Å². The van der Waals surface area contributed by atoms with E-state index in [4.69, 9.17) is 11.6 Å². The van der Waals surface area contributed by atoms with Gasteiger partial charge >= 0.3 is 0 Å². The number of amides is 1. The summed E-state index contributed by atoms with van der Waals surface area (Å²) < 4.78 is 28.0. The van der Waals surface area contributed by atoms with E-state index in [1.165, 1.54) is 9.87 Å². The van der Waals surface area contributed by atoms with Crippen molar-refractivity contribution in [3.8, 4) is 11.1 Å². The zero-order valence-corrected chi connectivity index (χ0v) is 17.7. The van der Waals surface area contributed by atoms with E-state index in [-0.39, 0.29) is 17.3 Å². The first-order chi connectivity index (χ1) is 14.4. The van der Waals surface area contributed by atoms with Gasteiger partial charge in [-0.1, -0.05) is 54.1 Å². The molecule has 0 atom stereocenters. The van der Waals surface area contributed by atoms with Gasteiger partial charge in [-0.15, -0.1) is 0 Å². The van der Waals surface area contributed by atoms with Gasteiger partial charge in [0.1, 0.15) is 6.54 Å². The molecule has 0 bridgehead atoms. The molecule has 0 fully saturated rings. The summed E-state index contributed by atoms with van der Waals surface area (Å²) in [5.74, 6) is -0.214. The quantitative estimate of drug-likeness (QED) is 0.605. The molecular formula is C23H19ClN2O3S. The molecule has 1 amide bonds. The third-order valence-electron chi connectivity index (χ3n) is 5.73. The van der Waals surface area contributed by atoms with Crippen LogP contribution in [0.1, 0.15) is 11.1 Å². The monoisotopic (exact) mass is 438 g/mol. The maximum absolute atomic E-state index is 13.4. The Labute approximate surface area is 180 Å². The maximum Gasteiger partial charge on any atom is 0.265 e. The largest absolute Gasteiger partial charge is 0.336 e. The molecule has 0 unspecified atom stereocenters. The zero-order valence-electron chi connectivity index (χ0n) is 16.1. The van der Waals surface area contributed by atoms with Gasteiger partial charge in [-0.2, -0.15) is 0 Å². The summed E-state index contributed by atoms with van der Waals surface area (Å²) in [5, 5.41) is 0.516. The van der Waals surface area contributed by atoms with Gasteiger partial charge in [0, 0.05) is 29.2 Å². The number of hydrogen-bond acceptors (Lipinski definition) is 3. The number of sulfonamides is 1. The summed E-state index contributed by atoms with van der Waals surface area (Å²) in [5.41, 5.74) is 4.14. The summed E-state index contributed by atoms with van der Waals surface area (Å²) in [6.07, 6.45) is 0.768. The number of carbonyl (C=O) groups excluding carboxylic acids is 1. The smallest absolute Gasteiger partial charge is 0.265 e. The van der Waals surface area contributed by atoms with Gasteiger partial charge in [0.15, 0.2) is 0 Å². The second kappa shape index (κ2) is 7.15. The Morgan fingerprint density at radius 1 is 0.933 bits per heavy atom. The van der Waals surface area contributed by atoms with Gasteiger partial charge in [-0.25, -0.2) is 8.42 Å². The molecule has 5 rings (SSSR count). The molecule has 3 aromatic rings. The van der Waals surface area contributed by atoms with E-state index in [9.17, 15) is 13.2 Å². The first kappa shape index (κ1) is 19.2. The molecule has 152 valence electrons. The topological polar surface area (TPSA) is 57.7 Å². The molecule has 0 aromatic heterocycles. The minimum Gasteiger partial charge on any atom is -0.336 e. The molecular weight excluding hydrogens is 420 g/mol. The highest BCUT2D eigenvalue weighted by molar-refractivity contribution is 7.93.